The second-order valence-electron chi connectivity index (χ2n) is 5.33. The highest BCUT2D eigenvalue weighted by molar-refractivity contribution is 6.30. The van der Waals surface area contributed by atoms with Crippen LogP contribution in [0.4, 0.5) is 0 Å². The third kappa shape index (κ3) is 5.25. The third-order valence-corrected chi connectivity index (χ3v) is 3.97. The highest BCUT2D eigenvalue weighted by Gasteiger charge is 2.20. The van der Waals surface area contributed by atoms with Crippen molar-refractivity contribution in [2.45, 2.75) is 6.42 Å². The minimum Gasteiger partial charge on any atom is -0.394 e. The Morgan fingerprint density at radius 2 is 2.09 bits per heavy atom. The summed E-state index contributed by atoms with van der Waals surface area (Å²) in [4.78, 5) is 16.7. The lowest BCUT2D eigenvalue weighted by atomic mass is 10.2. The molecule has 1 N–H and O–H groups in total. The van der Waals surface area contributed by atoms with E-state index in [1.54, 1.807) is 24.3 Å². The number of ether oxygens (including phenoxy) is 1. The van der Waals surface area contributed by atoms with Crippen LogP contribution in [0.2, 0.25) is 5.02 Å². The Morgan fingerprint density at radius 1 is 1.23 bits per heavy atom. The first-order chi connectivity index (χ1) is 10.7. The summed E-state index contributed by atoms with van der Waals surface area (Å²) >= 11 is 5.96. The van der Waals surface area contributed by atoms with Crippen LogP contribution in [-0.2, 0) is 4.74 Å². The van der Waals surface area contributed by atoms with Gasteiger partial charge in [-0.3, -0.25) is 9.69 Å². The maximum atomic E-state index is 12.5. The van der Waals surface area contributed by atoms with Crippen LogP contribution in [0.5, 0.6) is 0 Å². The molecule has 0 unspecified atom stereocenters. The number of benzene rings is 1. The molecule has 0 aromatic heterocycles. The fourth-order valence-corrected chi connectivity index (χ4v) is 2.75. The zero-order valence-electron chi connectivity index (χ0n) is 12.7. The van der Waals surface area contributed by atoms with Gasteiger partial charge in [0, 0.05) is 36.8 Å². The van der Waals surface area contributed by atoms with Gasteiger partial charge >= 0.3 is 0 Å². The van der Waals surface area contributed by atoms with Crippen molar-refractivity contribution in [3.05, 3.63) is 34.9 Å². The van der Waals surface area contributed by atoms with E-state index in [0.29, 0.717) is 30.3 Å². The van der Waals surface area contributed by atoms with Gasteiger partial charge in [0.15, 0.2) is 0 Å². The molecule has 5 nitrogen and oxygen atoms in total. The maximum Gasteiger partial charge on any atom is 0.253 e. The summed E-state index contributed by atoms with van der Waals surface area (Å²) in [5, 5.41) is 9.27. The predicted molar refractivity (Wildman–Crippen MR) is 86.3 cm³/mol. The highest BCUT2D eigenvalue weighted by Crippen LogP contribution is 2.14. The number of carbonyl (C=O) groups is 1. The molecule has 0 aliphatic carbocycles. The first-order valence-electron chi connectivity index (χ1n) is 7.66. The Hall–Kier alpha value is -1.14. The summed E-state index contributed by atoms with van der Waals surface area (Å²) in [5.41, 5.74) is 0.646. The molecule has 1 aromatic rings. The summed E-state index contributed by atoms with van der Waals surface area (Å²) < 4.78 is 5.30. The van der Waals surface area contributed by atoms with Gasteiger partial charge in [-0.15, -0.1) is 0 Å². The minimum atomic E-state index is 0.0425. The second kappa shape index (κ2) is 9.10. The number of carbonyl (C=O) groups excluding carboxylic acids is 1. The summed E-state index contributed by atoms with van der Waals surface area (Å²) in [5.74, 6) is 0.0425. The van der Waals surface area contributed by atoms with Crippen LogP contribution in [0, 0.1) is 0 Å². The van der Waals surface area contributed by atoms with E-state index in [4.69, 9.17) is 21.4 Å². The van der Waals surface area contributed by atoms with Crippen molar-refractivity contribution < 1.29 is 14.6 Å². The normalized spacial score (nSPS) is 16.5. The number of halogens is 1. The lowest BCUT2D eigenvalue weighted by Crippen LogP contribution is -2.36. The van der Waals surface area contributed by atoms with Crippen LogP contribution in [0.1, 0.15) is 16.8 Å². The van der Waals surface area contributed by atoms with Gasteiger partial charge in [-0.1, -0.05) is 17.7 Å². The van der Waals surface area contributed by atoms with E-state index >= 15 is 0 Å². The maximum absolute atomic E-state index is 12.5. The van der Waals surface area contributed by atoms with Crippen LogP contribution in [0.3, 0.4) is 0 Å². The van der Waals surface area contributed by atoms with Gasteiger partial charge in [0.2, 0.25) is 0 Å². The molecule has 0 saturated carbocycles. The van der Waals surface area contributed by atoms with Gasteiger partial charge in [0.25, 0.3) is 5.91 Å². The zero-order valence-corrected chi connectivity index (χ0v) is 13.5. The molecule has 6 heteroatoms. The van der Waals surface area contributed by atoms with E-state index in [1.165, 1.54) is 0 Å². The van der Waals surface area contributed by atoms with Crippen molar-refractivity contribution >= 4 is 17.5 Å². The number of hydrogen-bond acceptors (Lipinski definition) is 4. The average Bonchev–Trinajstić information content (AvgIpc) is 2.76. The van der Waals surface area contributed by atoms with E-state index in [-0.39, 0.29) is 12.5 Å². The largest absolute Gasteiger partial charge is 0.394 e. The molecule has 1 aliphatic rings. The first-order valence-corrected chi connectivity index (χ1v) is 8.04. The fourth-order valence-electron chi connectivity index (χ4n) is 2.56. The molecule has 1 fully saturated rings. The summed E-state index contributed by atoms with van der Waals surface area (Å²) in [6.07, 6.45) is 0.951. The molecule has 2 rings (SSSR count). The quantitative estimate of drug-likeness (QED) is 0.805. The van der Waals surface area contributed by atoms with E-state index in [9.17, 15) is 4.79 Å². The van der Waals surface area contributed by atoms with Crippen molar-refractivity contribution in [1.82, 2.24) is 9.80 Å². The summed E-state index contributed by atoms with van der Waals surface area (Å²) in [6.45, 7) is 5.17. The van der Waals surface area contributed by atoms with E-state index in [0.717, 1.165) is 32.6 Å². The SMILES string of the molecule is O=C(c1cccc(Cl)c1)N1CCCN(CCOCCO)CC1. The molecule has 1 heterocycles. The molecule has 1 saturated heterocycles. The molecule has 0 spiro atoms. The van der Waals surface area contributed by atoms with Crippen LogP contribution in [0.15, 0.2) is 24.3 Å². The number of nitrogens with zero attached hydrogens (tertiary/aromatic N) is 2. The van der Waals surface area contributed by atoms with Gasteiger partial charge in [-0.05, 0) is 31.2 Å². The standard InChI is InChI=1S/C16H23ClN2O3/c17-15-4-1-3-14(13-15)16(21)19-6-2-5-18(7-8-19)9-11-22-12-10-20/h1,3-4,13,20H,2,5-12H2. The highest BCUT2D eigenvalue weighted by atomic mass is 35.5. The van der Waals surface area contributed by atoms with E-state index in [1.807, 2.05) is 4.90 Å². The Morgan fingerprint density at radius 3 is 2.86 bits per heavy atom. The topological polar surface area (TPSA) is 53.0 Å². The monoisotopic (exact) mass is 326 g/mol. The van der Waals surface area contributed by atoms with Crippen molar-refractivity contribution in [3.8, 4) is 0 Å². The molecular formula is C16H23ClN2O3. The number of hydrogen-bond donors (Lipinski definition) is 1. The average molecular weight is 327 g/mol. The molecule has 0 atom stereocenters. The summed E-state index contributed by atoms with van der Waals surface area (Å²) in [6, 6.07) is 7.10. The van der Waals surface area contributed by atoms with E-state index in [2.05, 4.69) is 4.90 Å². The Bertz CT molecular complexity index is 484. The lowest BCUT2D eigenvalue weighted by Gasteiger charge is -2.22. The fraction of sp³-hybridized carbons (Fsp3) is 0.562. The Balaban J connectivity index is 1.83. The van der Waals surface area contributed by atoms with Gasteiger partial charge in [0.05, 0.1) is 19.8 Å². The Kier molecular flexibility index (Phi) is 7.12. The van der Waals surface area contributed by atoms with Crippen LogP contribution in [0.25, 0.3) is 0 Å². The number of aliphatic hydroxyl groups excluding tert-OH is 1. The predicted octanol–water partition coefficient (Wildman–Crippen LogP) is 1.50. The van der Waals surface area contributed by atoms with Crippen LogP contribution in [-0.4, -0.2) is 73.4 Å². The van der Waals surface area contributed by atoms with Crippen molar-refractivity contribution in [2.75, 3.05) is 52.5 Å². The van der Waals surface area contributed by atoms with Crippen LogP contribution < -0.4 is 0 Å². The minimum absolute atomic E-state index is 0.0425. The smallest absolute Gasteiger partial charge is 0.253 e. The summed E-state index contributed by atoms with van der Waals surface area (Å²) in [7, 11) is 0. The van der Waals surface area contributed by atoms with Gasteiger partial charge < -0.3 is 14.7 Å². The Labute approximate surface area is 136 Å². The lowest BCUT2D eigenvalue weighted by molar-refractivity contribution is 0.0712. The molecule has 1 aliphatic heterocycles. The molecule has 1 amide bonds. The van der Waals surface area contributed by atoms with Crippen molar-refractivity contribution in [3.63, 3.8) is 0 Å². The van der Waals surface area contributed by atoms with Gasteiger partial charge in [-0.25, -0.2) is 0 Å². The molecule has 22 heavy (non-hydrogen) atoms. The number of aliphatic hydroxyl groups is 1. The van der Waals surface area contributed by atoms with Crippen molar-refractivity contribution in [2.24, 2.45) is 0 Å². The zero-order chi connectivity index (χ0) is 15.8. The molecule has 0 bridgehead atoms. The molecule has 122 valence electrons. The second-order valence-corrected chi connectivity index (χ2v) is 5.77. The molecule has 0 radical (unpaired) electrons. The third-order valence-electron chi connectivity index (χ3n) is 3.73. The van der Waals surface area contributed by atoms with E-state index < -0.39 is 0 Å². The van der Waals surface area contributed by atoms with Gasteiger partial charge in [0.1, 0.15) is 0 Å². The van der Waals surface area contributed by atoms with Crippen LogP contribution >= 0.6 is 11.6 Å². The van der Waals surface area contributed by atoms with Crippen molar-refractivity contribution in [1.29, 1.82) is 0 Å². The molecular weight excluding hydrogens is 304 g/mol. The number of amides is 1. The number of rotatable bonds is 6. The molecule has 1 aromatic carbocycles. The first kappa shape index (κ1) is 17.2. The van der Waals surface area contributed by atoms with Gasteiger partial charge in [-0.2, -0.15) is 0 Å².